The Morgan fingerprint density at radius 1 is 1.58 bits per heavy atom. The fourth-order valence-electron chi connectivity index (χ4n) is 0.485. The van der Waals surface area contributed by atoms with Gasteiger partial charge in [0.25, 0.3) is 5.91 Å². The third kappa shape index (κ3) is 4.91. The Hall–Kier alpha value is -0.830. The molecule has 0 saturated carbocycles. The molecule has 0 aliphatic heterocycles. The SMILES string of the molecule is CC=C(C)C(=O)NOCC(C)C. The zero-order valence-electron chi connectivity index (χ0n) is 8.18. The predicted molar refractivity (Wildman–Crippen MR) is 48.4 cm³/mol. The van der Waals surface area contributed by atoms with Gasteiger partial charge >= 0.3 is 0 Å². The molecule has 0 atom stereocenters. The average molecular weight is 171 g/mol. The second kappa shape index (κ2) is 5.77. The molecule has 0 saturated heterocycles. The Kier molecular flexibility index (Phi) is 5.37. The molecule has 0 aliphatic carbocycles. The minimum atomic E-state index is -0.168. The number of amides is 1. The molecule has 0 radical (unpaired) electrons. The summed E-state index contributed by atoms with van der Waals surface area (Å²) in [5.41, 5.74) is 3.02. The Bertz CT molecular complexity index is 173. The van der Waals surface area contributed by atoms with Gasteiger partial charge < -0.3 is 0 Å². The summed E-state index contributed by atoms with van der Waals surface area (Å²) in [6, 6.07) is 0. The van der Waals surface area contributed by atoms with Crippen LogP contribution in [0.3, 0.4) is 0 Å². The molecule has 3 nitrogen and oxygen atoms in total. The fraction of sp³-hybridized carbons (Fsp3) is 0.667. The van der Waals surface area contributed by atoms with Crippen molar-refractivity contribution in [2.75, 3.05) is 6.61 Å². The third-order valence-corrected chi connectivity index (χ3v) is 1.37. The van der Waals surface area contributed by atoms with Gasteiger partial charge in [-0.05, 0) is 19.8 Å². The molecule has 0 spiro atoms. The average Bonchev–Trinajstić information content (AvgIpc) is 2.02. The van der Waals surface area contributed by atoms with E-state index in [1.54, 1.807) is 13.0 Å². The summed E-state index contributed by atoms with van der Waals surface area (Å²) in [4.78, 5) is 16.0. The van der Waals surface area contributed by atoms with Crippen molar-refractivity contribution < 1.29 is 9.63 Å². The first-order chi connectivity index (χ1) is 5.57. The summed E-state index contributed by atoms with van der Waals surface area (Å²) in [6.07, 6.45) is 1.74. The summed E-state index contributed by atoms with van der Waals surface area (Å²) in [5.74, 6) is 0.259. The van der Waals surface area contributed by atoms with Crippen LogP contribution in [0.4, 0.5) is 0 Å². The van der Waals surface area contributed by atoms with E-state index in [2.05, 4.69) is 5.48 Å². The number of nitrogens with one attached hydrogen (secondary N) is 1. The second-order valence-corrected chi connectivity index (χ2v) is 3.11. The third-order valence-electron chi connectivity index (χ3n) is 1.37. The molecule has 0 aromatic heterocycles. The molecule has 0 unspecified atom stereocenters. The van der Waals surface area contributed by atoms with Gasteiger partial charge in [0.15, 0.2) is 0 Å². The van der Waals surface area contributed by atoms with E-state index in [4.69, 9.17) is 4.84 Å². The molecule has 0 aliphatic rings. The highest BCUT2D eigenvalue weighted by Crippen LogP contribution is 1.93. The summed E-state index contributed by atoms with van der Waals surface area (Å²) >= 11 is 0. The maximum absolute atomic E-state index is 11.1. The second-order valence-electron chi connectivity index (χ2n) is 3.11. The lowest BCUT2D eigenvalue weighted by Gasteiger charge is -2.07. The molecule has 70 valence electrons. The molecule has 0 aromatic carbocycles. The molecule has 12 heavy (non-hydrogen) atoms. The number of hydroxylamine groups is 1. The standard InChI is InChI=1S/C9H17NO2/c1-5-8(4)9(11)10-12-6-7(2)3/h5,7H,6H2,1-4H3,(H,10,11). The lowest BCUT2D eigenvalue weighted by atomic mass is 10.2. The summed E-state index contributed by atoms with van der Waals surface area (Å²) < 4.78 is 0. The van der Waals surface area contributed by atoms with Crippen molar-refractivity contribution in [3.63, 3.8) is 0 Å². The zero-order valence-corrected chi connectivity index (χ0v) is 8.18. The lowest BCUT2D eigenvalue weighted by molar-refractivity contribution is -0.130. The topological polar surface area (TPSA) is 38.3 Å². The van der Waals surface area contributed by atoms with Gasteiger partial charge in [-0.1, -0.05) is 19.9 Å². The van der Waals surface area contributed by atoms with Gasteiger partial charge in [-0.2, -0.15) is 0 Å². The molecule has 1 amide bonds. The van der Waals surface area contributed by atoms with Gasteiger partial charge in [0.05, 0.1) is 6.61 Å². The van der Waals surface area contributed by atoms with Crippen molar-refractivity contribution in [1.82, 2.24) is 5.48 Å². The van der Waals surface area contributed by atoms with Crippen LogP contribution < -0.4 is 5.48 Å². The molecule has 0 heterocycles. The van der Waals surface area contributed by atoms with E-state index in [0.717, 1.165) is 0 Å². The van der Waals surface area contributed by atoms with Gasteiger partial charge in [-0.15, -0.1) is 0 Å². The van der Waals surface area contributed by atoms with E-state index in [1.807, 2.05) is 20.8 Å². The van der Waals surface area contributed by atoms with Crippen molar-refractivity contribution in [3.05, 3.63) is 11.6 Å². The molecular weight excluding hydrogens is 154 g/mol. The van der Waals surface area contributed by atoms with E-state index in [-0.39, 0.29) is 5.91 Å². The van der Waals surface area contributed by atoms with Gasteiger partial charge in [0.1, 0.15) is 0 Å². The lowest BCUT2D eigenvalue weighted by Crippen LogP contribution is -2.26. The molecule has 0 aromatic rings. The van der Waals surface area contributed by atoms with Crippen LogP contribution >= 0.6 is 0 Å². The smallest absolute Gasteiger partial charge is 0.270 e. The molecule has 1 N–H and O–H groups in total. The molecule has 0 bridgehead atoms. The highest BCUT2D eigenvalue weighted by Gasteiger charge is 2.02. The maximum atomic E-state index is 11.1. The highest BCUT2D eigenvalue weighted by molar-refractivity contribution is 5.91. The van der Waals surface area contributed by atoms with E-state index in [9.17, 15) is 4.79 Å². The van der Waals surface area contributed by atoms with Crippen LogP contribution in [0, 0.1) is 5.92 Å². The first-order valence-corrected chi connectivity index (χ1v) is 4.13. The van der Waals surface area contributed by atoms with Gasteiger partial charge in [0.2, 0.25) is 0 Å². The van der Waals surface area contributed by atoms with Crippen molar-refractivity contribution in [2.24, 2.45) is 5.92 Å². The first kappa shape index (κ1) is 11.2. The van der Waals surface area contributed by atoms with Crippen LogP contribution in [-0.2, 0) is 9.63 Å². The van der Waals surface area contributed by atoms with Crippen molar-refractivity contribution in [1.29, 1.82) is 0 Å². The molecule has 0 fully saturated rings. The number of rotatable bonds is 4. The molecular formula is C9H17NO2. The summed E-state index contributed by atoms with van der Waals surface area (Å²) in [6.45, 7) is 8.15. The quantitative estimate of drug-likeness (QED) is 0.516. The maximum Gasteiger partial charge on any atom is 0.270 e. The van der Waals surface area contributed by atoms with Crippen LogP contribution in [0.15, 0.2) is 11.6 Å². The molecule has 0 rings (SSSR count). The Labute approximate surface area is 73.7 Å². The van der Waals surface area contributed by atoms with E-state index in [0.29, 0.717) is 18.1 Å². The fourth-order valence-corrected chi connectivity index (χ4v) is 0.485. The Morgan fingerprint density at radius 3 is 2.58 bits per heavy atom. The van der Waals surface area contributed by atoms with Gasteiger partial charge in [-0.3, -0.25) is 9.63 Å². The van der Waals surface area contributed by atoms with Gasteiger partial charge in [-0.25, -0.2) is 5.48 Å². The zero-order chi connectivity index (χ0) is 9.56. The van der Waals surface area contributed by atoms with Crippen LogP contribution in [-0.4, -0.2) is 12.5 Å². The normalized spacial score (nSPS) is 11.9. The number of carbonyl (C=O) groups is 1. The predicted octanol–water partition coefficient (Wildman–Crippen LogP) is 1.66. The monoisotopic (exact) mass is 171 g/mol. The number of hydrogen-bond donors (Lipinski definition) is 1. The Balaban J connectivity index is 3.58. The minimum absolute atomic E-state index is 0.168. The first-order valence-electron chi connectivity index (χ1n) is 4.13. The summed E-state index contributed by atoms with van der Waals surface area (Å²) in [7, 11) is 0. The van der Waals surface area contributed by atoms with Crippen LogP contribution in [0.5, 0.6) is 0 Å². The van der Waals surface area contributed by atoms with Crippen LogP contribution in [0.25, 0.3) is 0 Å². The number of allylic oxidation sites excluding steroid dienone is 1. The summed E-state index contributed by atoms with van der Waals surface area (Å²) in [5, 5.41) is 0. The van der Waals surface area contributed by atoms with Crippen LogP contribution in [0.1, 0.15) is 27.7 Å². The van der Waals surface area contributed by atoms with Crippen molar-refractivity contribution in [3.8, 4) is 0 Å². The van der Waals surface area contributed by atoms with Crippen molar-refractivity contribution >= 4 is 5.91 Å². The van der Waals surface area contributed by atoms with E-state index < -0.39 is 0 Å². The largest absolute Gasteiger partial charge is 0.273 e. The Morgan fingerprint density at radius 2 is 2.17 bits per heavy atom. The van der Waals surface area contributed by atoms with Crippen LogP contribution in [0.2, 0.25) is 0 Å². The molecule has 3 heteroatoms. The van der Waals surface area contributed by atoms with Crippen molar-refractivity contribution in [2.45, 2.75) is 27.7 Å². The van der Waals surface area contributed by atoms with Gasteiger partial charge in [0, 0.05) is 5.57 Å². The highest BCUT2D eigenvalue weighted by atomic mass is 16.6. The number of carbonyl (C=O) groups excluding carboxylic acids is 1. The number of hydrogen-bond acceptors (Lipinski definition) is 2. The van der Waals surface area contributed by atoms with E-state index in [1.165, 1.54) is 0 Å². The minimum Gasteiger partial charge on any atom is -0.273 e. The van der Waals surface area contributed by atoms with E-state index >= 15 is 0 Å².